The van der Waals surface area contributed by atoms with Crippen LogP contribution in [0.3, 0.4) is 0 Å². The van der Waals surface area contributed by atoms with Crippen molar-refractivity contribution in [2.45, 2.75) is 12.8 Å². The van der Waals surface area contributed by atoms with Gasteiger partial charge in [0, 0.05) is 18.5 Å². The van der Waals surface area contributed by atoms with Crippen LogP contribution in [-0.2, 0) is 14.4 Å². The van der Waals surface area contributed by atoms with Crippen molar-refractivity contribution in [2.75, 3.05) is 23.4 Å². The molecule has 0 radical (unpaired) electrons. The molecule has 1 heterocycles. The maximum Gasteiger partial charge on any atom is 0.265 e. The lowest BCUT2D eigenvalue weighted by Gasteiger charge is -2.19. The zero-order chi connectivity index (χ0) is 19.2. The minimum Gasteiger partial charge on any atom is -0.384 e. The van der Waals surface area contributed by atoms with Gasteiger partial charge in [0.25, 0.3) is 5.91 Å². The van der Waals surface area contributed by atoms with Crippen LogP contribution in [0.15, 0.2) is 53.7 Å². The highest BCUT2D eigenvalue weighted by Crippen LogP contribution is 2.29. The Labute approximate surface area is 155 Å². The van der Waals surface area contributed by atoms with Crippen LogP contribution in [0.2, 0.25) is 0 Å². The van der Waals surface area contributed by atoms with E-state index in [1.54, 1.807) is 29.2 Å². The minimum atomic E-state index is -0.440. The lowest BCUT2D eigenvalue weighted by molar-refractivity contribution is -0.120. The van der Waals surface area contributed by atoms with Gasteiger partial charge in [-0.2, -0.15) is 0 Å². The fraction of sp³-hybridized carbons (Fsp3) is 0.211. The van der Waals surface area contributed by atoms with Crippen molar-refractivity contribution in [1.82, 2.24) is 0 Å². The van der Waals surface area contributed by atoms with Crippen molar-refractivity contribution in [3.05, 3.63) is 59.9 Å². The molecule has 0 spiro atoms. The van der Waals surface area contributed by atoms with Gasteiger partial charge in [-0.3, -0.25) is 9.59 Å². The first-order chi connectivity index (χ1) is 13.0. The Balaban J connectivity index is 1.59. The number of oxime groups is 1. The molecule has 0 bridgehead atoms. The molecule has 0 aliphatic carbocycles. The van der Waals surface area contributed by atoms with Crippen molar-refractivity contribution < 1.29 is 18.8 Å². The fourth-order valence-corrected chi connectivity index (χ4v) is 2.74. The Hall–Kier alpha value is -3.42. The van der Waals surface area contributed by atoms with E-state index in [0.29, 0.717) is 29.9 Å². The molecule has 3 rings (SSSR count). The van der Waals surface area contributed by atoms with Crippen LogP contribution in [0.5, 0.6) is 0 Å². The van der Waals surface area contributed by atoms with E-state index >= 15 is 0 Å². The lowest BCUT2D eigenvalue weighted by Crippen LogP contribution is -2.26. The highest BCUT2D eigenvalue weighted by molar-refractivity contribution is 6.02. The first-order valence-electron chi connectivity index (χ1n) is 8.45. The number of hydrogen-bond acceptors (Lipinski definition) is 4. The standard InChI is InChI=1S/C19H19FN4O3/c20-14-9-7-13(8-10-14)19(21)23-27-12-17(25)22-15-4-1-2-5-16(15)24-11-3-6-18(24)26/h1-2,4-5,7-10H,3,6,11-12H2,(H2,21,23)(H,22,25). The predicted octanol–water partition coefficient (Wildman–Crippen LogP) is 2.23. The summed E-state index contributed by atoms with van der Waals surface area (Å²) in [5.41, 5.74) is 7.39. The molecule has 140 valence electrons. The summed E-state index contributed by atoms with van der Waals surface area (Å²) in [6, 6.07) is 12.5. The monoisotopic (exact) mass is 370 g/mol. The van der Waals surface area contributed by atoms with Gasteiger partial charge in [-0.05, 0) is 42.8 Å². The van der Waals surface area contributed by atoms with Gasteiger partial charge in [-0.15, -0.1) is 0 Å². The molecule has 2 aromatic carbocycles. The zero-order valence-electron chi connectivity index (χ0n) is 14.5. The second-order valence-electron chi connectivity index (χ2n) is 5.97. The van der Waals surface area contributed by atoms with E-state index in [0.717, 1.165) is 6.42 Å². The summed E-state index contributed by atoms with van der Waals surface area (Å²) in [5.74, 6) is -0.762. The van der Waals surface area contributed by atoms with E-state index in [4.69, 9.17) is 10.6 Å². The van der Waals surface area contributed by atoms with Crippen molar-refractivity contribution in [1.29, 1.82) is 0 Å². The van der Waals surface area contributed by atoms with Crippen LogP contribution in [-0.4, -0.2) is 30.8 Å². The smallest absolute Gasteiger partial charge is 0.265 e. The van der Waals surface area contributed by atoms with E-state index in [2.05, 4.69) is 10.5 Å². The molecule has 0 atom stereocenters. The average molecular weight is 370 g/mol. The van der Waals surface area contributed by atoms with Crippen LogP contribution in [0.4, 0.5) is 15.8 Å². The molecular formula is C19H19FN4O3. The van der Waals surface area contributed by atoms with Gasteiger partial charge < -0.3 is 20.8 Å². The Morgan fingerprint density at radius 3 is 2.67 bits per heavy atom. The van der Waals surface area contributed by atoms with Crippen LogP contribution < -0.4 is 16.0 Å². The third-order valence-electron chi connectivity index (χ3n) is 4.04. The summed E-state index contributed by atoms with van der Waals surface area (Å²) < 4.78 is 12.9. The molecule has 1 fully saturated rings. The number of carbonyl (C=O) groups is 2. The third kappa shape index (κ3) is 4.60. The van der Waals surface area contributed by atoms with Gasteiger partial charge in [0.15, 0.2) is 12.4 Å². The number of carbonyl (C=O) groups excluding carboxylic acids is 2. The third-order valence-corrected chi connectivity index (χ3v) is 4.04. The first kappa shape index (κ1) is 18.4. The normalized spacial score (nSPS) is 14.3. The summed E-state index contributed by atoms with van der Waals surface area (Å²) in [6.07, 6.45) is 1.30. The minimum absolute atomic E-state index is 0.0321. The number of nitrogens with zero attached hydrogens (tertiary/aromatic N) is 2. The van der Waals surface area contributed by atoms with Crippen molar-refractivity contribution >= 4 is 29.0 Å². The predicted molar refractivity (Wildman–Crippen MR) is 99.7 cm³/mol. The number of amidine groups is 1. The topological polar surface area (TPSA) is 97.0 Å². The van der Waals surface area contributed by atoms with Gasteiger partial charge in [0.2, 0.25) is 5.91 Å². The number of nitrogens with one attached hydrogen (secondary N) is 1. The Morgan fingerprint density at radius 2 is 1.96 bits per heavy atom. The summed E-state index contributed by atoms with van der Waals surface area (Å²) in [6.45, 7) is 0.269. The molecule has 0 aromatic heterocycles. The maximum atomic E-state index is 12.9. The van der Waals surface area contributed by atoms with E-state index in [9.17, 15) is 14.0 Å². The molecule has 8 heteroatoms. The van der Waals surface area contributed by atoms with Gasteiger partial charge in [0.1, 0.15) is 5.82 Å². The van der Waals surface area contributed by atoms with E-state index in [-0.39, 0.29) is 24.2 Å². The van der Waals surface area contributed by atoms with Crippen molar-refractivity contribution in [2.24, 2.45) is 10.9 Å². The van der Waals surface area contributed by atoms with Crippen LogP contribution in [0.1, 0.15) is 18.4 Å². The van der Waals surface area contributed by atoms with Crippen molar-refractivity contribution in [3.8, 4) is 0 Å². The number of para-hydroxylation sites is 2. The van der Waals surface area contributed by atoms with Gasteiger partial charge in [0.05, 0.1) is 11.4 Å². The summed E-state index contributed by atoms with van der Waals surface area (Å²) in [5, 5.41) is 6.38. The SMILES string of the molecule is N/C(=N/OCC(=O)Nc1ccccc1N1CCCC1=O)c1ccc(F)cc1. The van der Waals surface area contributed by atoms with Crippen LogP contribution in [0, 0.1) is 5.82 Å². The highest BCUT2D eigenvalue weighted by atomic mass is 19.1. The maximum absolute atomic E-state index is 12.9. The van der Waals surface area contributed by atoms with E-state index in [1.807, 2.05) is 0 Å². The fourth-order valence-electron chi connectivity index (χ4n) is 2.74. The molecule has 1 aliphatic heterocycles. The van der Waals surface area contributed by atoms with Gasteiger partial charge in [-0.25, -0.2) is 4.39 Å². The summed E-state index contributed by atoms with van der Waals surface area (Å²) in [4.78, 5) is 30.7. The molecule has 7 nitrogen and oxygen atoms in total. The average Bonchev–Trinajstić information content (AvgIpc) is 3.08. The Morgan fingerprint density at radius 1 is 1.22 bits per heavy atom. The second-order valence-corrected chi connectivity index (χ2v) is 5.97. The molecule has 3 N–H and O–H groups in total. The summed E-state index contributed by atoms with van der Waals surface area (Å²) >= 11 is 0. The van der Waals surface area contributed by atoms with Gasteiger partial charge >= 0.3 is 0 Å². The molecule has 0 saturated carbocycles. The Bertz CT molecular complexity index is 868. The molecule has 1 aliphatic rings. The van der Waals surface area contributed by atoms with E-state index in [1.165, 1.54) is 24.3 Å². The lowest BCUT2D eigenvalue weighted by atomic mass is 10.2. The first-order valence-corrected chi connectivity index (χ1v) is 8.45. The number of nitrogens with two attached hydrogens (primary N) is 1. The van der Waals surface area contributed by atoms with Crippen LogP contribution in [0.25, 0.3) is 0 Å². The summed E-state index contributed by atoms with van der Waals surface area (Å²) in [7, 11) is 0. The Kier molecular flexibility index (Phi) is 5.65. The number of rotatable bonds is 6. The highest BCUT2D eigenvalue weighted by Gasteiger charge is 2.24. The van der Waals surface area contributed by atoms with E-state index < -0.39 is 5.91 Å². The molecule has 2 amide bonds. The van der Waals surface area contributed by atoms with Crippen LogP contribution >= 0.6 is 0 Å². The largest absolute Gasteiger partial charge is 0.384 e. The number of amides is 2. The molecule has 1 saturated heterocycles. The van der Waals surface area contributed by atoms with Gasteiger partial charge in [-0.1, -0.05) is 17.3 Å². The quantitative estimate of drug-likeness (QED) is 0.463. The number of halogens is 1. The molecular weight excluding hydrogens is 351 g/mol. The van der Waals surface area contributed by atoms with Crippen molar-refractivity contribution in [3.63, 3.8) is 0 Å². The number of hydrogen-bond donors (Lipinski definition) is 2. The molecule has 27 heavy (non-hydrogen) atoms. The number of anilines is 2. The molecule has 2 aromatic rings. The number of benzene rings is 2. The zero-order valence-corrected chi connectivity index (χ0v) is 14.5. The molecule has 0 unspecified atom stereocenters. The second kappa shape index (κ2) is 8.31.